The lowest BCUT2D eigenvalue weighted by Gasteiger charge is -2.09. The largest absolute Gasteiger partial charge is 0.493 e. The van der Waals surface area contributed by atoms with Crippen LogP contribution in [0.1, 0.15) is 39.3 Å². The van der Waals surface area contributed by atoms with E-state index in [4.69, 9.17) is 9.47 Å². The summed E-state index contributed by atoms with van der Waals surface area (Å²) in [5.41, 5.74) is 0.962. The second-order valence-electron chi connectivity index (χ2n) is 8.54. The van der Waals surface area contributed by atoms with Crippen LogP contribution in [0.2, 0.25) is 0 Å². The van der Waals surface area contributed by atoms with Crippen LogP contribution in [0.15, 0.2) is 51.6 Å². The van der Waals surface area contributed by atoms with E-state index in [-0.39, 0.29) is 23.7 Å². The first kappa shape index (κ1) is 28.2. The molecule has 0 aromatic carbocycles. The predicted molar refractivity (Wildman–Crippen MR) is 144 cm³/mol. The normalized spacial score (nSPS) is 12.5. The molecule has 3 heterocycles. The van der Waals surface area contributed by atoms with Crippen LogP contribution in [-0.4, -0.2) is 49.0 Å². The zero-order valence-electron chi connectivity index (χ0n) is 22.7. The summed E-state index contributed by atoms with van der Waals surface area (Å²) in [7, 11) is 3.04. The van der Waals surface area contributed by atoms with Gasteiger partial charge in [-0.25, -0.2) is 9.78 Å². The number of nitrogens with zero attached hydrogens (tertiary/aromatic N) is 5. The Morgan fingerprint density at radius 1 is 1.08 bits per heavy atom. The average Bonchev–Trinajstić information content (AvgIpc) is 3.50. The topological polar surface area (TPSA) is 138 Å². The van der Waals surface area contributed by atoms with E-state index in [1.54, 1.807) is 18.2 Å². The number of carbonyl (C=O) groups is 1. The molecule has 0 aliphatic heterocycles. The molecule has 0 unspecified atom stereocenters. The molecule has 12 nitrogen and oxygen atoms in total. The Morgan fingerprint density at radius 3 is 2.37 bits per heavy atom. The Kier molecular flexibility index (Phi) is 9.47. The van der Waals surface area contributed by atoms with Crippen molar-refractivity contribution in [3.05, 3.63) is 68.5 Å². The van der Waals surface area contributed by atoms with E-state index >= 15 is 0 Å². The van der Waals surface area contributed by atoms with Crippen LogP contribution in [0.25, 0.3) is 22.7 Å². The molecule has 0 aliphatic rings. The van der Waals surface area contributed by atoms with Gasteiger partial charge in [0.05, 0.1) is 14.2 Å². The van der Waals surface area contributed by atoms with Gasteiger partial charge in [0.15, 0.2) is 23.0 Å². The van der Waals surface area contributed by atoms with Crippen molar-refractivity contribution in [2.45, 2.75) is 60.2 Å². The van der Waals surface area contributed by atoms with Crippen LogP contribution in [0.3, 0.4) is 0 Å². The minimum absolute atomic E-state index is 0.0434. The summed E-state index contributed by atoms with van der Waals surface area (Å²) in [6.07, 6.45) is 7.99. The summed E-state index contributed by atoms with van der Waals surface area (Å²) >= 11 is 0. The molecule has 0 saturated heterocycles. The van der Waals surface area contributed by atoms with Crippen LogP contribution in [0.4, 0.5) is 0 Å². The fraction of sp³-hybridized carbons (Fsp3) is 0.423. The van der Waals surface area contributed by atoms with Gasteiger partial charge in [0.2, 0.25) is 5.91 Å². The van der Waals surface area contributed by atoms with E-state index in [1.807, 2.05) is 33.8 Å². The molecule has 1 amide bonds. The highest BCUT2D eigenvalue weighted by Crippen LogP contribution is 2.18. The summed E-state index contributed by atoms with van der Waals surface area (Å²) < 4.78 is 14.9. The fourth-order valence-electron chi connectivity index (χ4n) is 3.96. The smallest absolute Gasteiger partial charge is 0.332 e. The van der Waals surface area contributed by atoms with E-state index in [1.165, 1.54) is 34.2 Å². The van der Waals surface area contributed by atoms with Crippen LogP contribution in [0.5, 0.6) is 0 Å². The van der Waals surface area contributed by atoms with Gasteiger partial charge >= 0.3 is 5.69 Å². The predicted octanol–water partition coefficient (Wildman–Crippen LogP) is 2.59. The summed E-state index contributed by atoms with van der Waals surface area (Å²) in [6.45, 7) is 8.26. The maximum atomic E-state index is 13.0. The van der Waals surface area contributed by atoms with E-state index in [9.17, 15) is 14.4 Å². The maximum absolute atomic E-state index is 13.0. The molecule has 0 fully saturated rings. The average molecular weight is 526 g/mol. The number of methoxy groups -OCH3 is 2. The first-order valence-electron chi connectivity index (χ1n) is 12.5. The van der Waals surface area contributed by atoms with Gasteiger partial charge in [-0.05, 0) is 38.8 Å². The third kappa shape index (κ3) is 5.96. The summed E-state index contributed by atoms with van der Waals surface area (Å²) in [5, 5.41) is 7.19. The summed E-state index contributed by atoms with van der Waals surface area (Å²) in [6, 6.07) is 1.77. The lowest BCUT2D eigenvalue weighted by molar-refractivity contribution is -0.120. The van der Waals surface area contributed by atoms with Crippen molar-refractivity contribution < 1.29 is 14.3 Å². The number of H-pyrrole nitrogens is 1. The van der Waals surface area contributed by atoms with Gasteiger partial charge in [-0.15, -0.1) is 0 Å². The number of nitrogens with one attached hydrogen (secondary N) is 2. The fourth-order valence-corrected chi connectivity index (χ4v) is 3.96. The second kappa shape index (κ2) is 12.7. The lowest BCUT2D eigenvalue weighted by Crippen LogP contribution is -2.40. The number of fused-ring (bicyclic) bond motifs is 1. The Hall–Kier alpha value is -4.35. The van der Waals surface area contributed by atoms with Crippen molar-refractivity contribution in [2.75, 3.05) is 14.2 Å². The summed E-state index contributed by atoms with van der Waals surface area (Å²) in [5.74, 6) is 1.02. The Balaban J connectivity index is 1.87. The lowest BCUT2D eigenvalue weighted by atomic mass is 10.3. The summed E-state index contributed by atoms with van der Waals surface area (Å²) in [4.78, 5) is 46.1. The van der Waals surface area contributed by atoms with Gasteiger partial charge in [-0.1, -0.05) is 19.9 Å². The third-order valence-corrected chi connectivity index (χ3v) is 5.75. The molecule has 0 bridgehead atoms. The number of aromatic nitrogens is 6. The molecule has 3 rings (SSSR count). The maximum Gasteiger partial charge on any atom is 0.332 e. The van der Waals surface area contributed by atoms with E-state index in [2.05, 4.69) is 20.4 Å². The van der Waals surface area contributed by atoms with Gasteiger partial charge in [-0.3, -0.25) is 23.4 Å². The first-order chi connectivity index (χ1) is 18.3. The highest BCUT2D eigenvalue weighted by molar-refractivity contribution is 5.77. The van der Waals surface area contributed by atoms with E-state index < -0.39 is 5.56 Å². The highest BCUT2D eigenvalue weighted by atomic mass is 16.5. The first-order valence-corrected chi connectivity index (χ1v) is 12.5. The zero-order chi connectivity index (χ0) is 27.8. The third-order valence-electron chi connectivity index (χ3n) is 5.75. The number of aromatic amines is 1. The van der Waals surface area contributed by atoms with Crippen LogP contribution >= 0.6 is 0 Å². The van der Waals surface area contributed by atoms with Crippen molar-refractivity contribution in [2.24, 2.45) is 0 Å². The SMILES string of the molecule is C\C=C/C(OC)=C(\C=C\NC(=O)Cn1nc(-c2nc3c([nH]2)c(=O)n(CCC)c(=O)n3CCC)cc1C)OC. The van der Waals surface area contributed by atoms with Crippen molar-refractivity contribution in [1.82, 2.24) is 34.2 Å². The standard InChI is InChI=1S/C26H35N7O5/c1-7-10-19(37-5)20(38-6)11-12-27-21(34)16-33-17(4)15-18(30-33)23-28-22-24(29-23)31(13-8-2)26(36)32(14-9-3)25(22)35/h7,10-12,15H,8-9,13-14,16H2,1-6H3,(H,27,34)(H,28,29)/b10-7-,12-11+,20-19-. The van der Waals surface area contributed by atoms with Gasteiger partial charge in [0, 0.05) is 31.1 Å². The number of hydrogen-bond donors (Lipinski definition) is 2. The molecule has 204 valence electrons. The van der Waals surface area contributed by atoms with E-state index in [0.717, 1.165) is 5.69 Å². The quantitative estimate of drug-likeness (QED) is 0.274. The van der Waals surface area contributed by atoms with Crippen molar-refractivity contribution >= 4 is 17.1 Å². The number of ether oxygens (including phenoxy) is 2. The van der Waals surface area contributed by atoms with Crippen LogP contribution in [-0.2, 0) is 33.9 Å². The molecule has 12 heteroatoms. The monoisotopic (exact) mass is 525 g/mol. The second-order valence-corrected chi connectivity index (χ2v) is 8.54. The number of allylic oxidation sites excluding steroid dienone is 3. The van der Waals surface area contributed by atoms with Gasteiger partial charge in [0.1, 0.15) is 17.8 Å². The molecule has 0 aliphatic carbocycles. The molecule has 0 saturated carbocycles. The molecule has 0 atom stereocenters. The number of hydrogen-bond acceptors (Lipinski definition) is 7. The Morgan fingerprint density at radius 2 is 1.74 bits per heavy atom. The molecule has 3 aromatic rings. The Bertz CT molecular complexity index is 1500. The van der Waals surface area contributed by atoms with Gasteiger partial charge in [0.25, 0.3) is 5.56 Å². The highest BCUT2D eigenvalue weighted by Gasteiger charge is 2.19. The number of carbonyl (C=O) groups excluding carboxylic acids is 1. The zero-order valence-corrected chi connectivity index (χ0v) is 22.7. The number of rotatable bonds is 12. The molecule has 38 heavy (non-hydrogen) atoms. The molecule has 0 radical (unpaired) electrons. The number of amides is 1. The van der Waals surface area contributed by atoms with Crippen LogP contribution < -0.4 is 16.6 Å². The minimum atomic E-state index is -0.407. The van der Waals surface area contributed by atoms with Crippen molar-refractivity contribution in [3.8, 4) is 11.5 Å². The molecule has 3 aromatic heterocycles. The number of imidazole rings is 1. The minimum Gasteiger partial charge on any atom is -0.493 e. The van der Waals surface area contributed by atoms with Gasteiger partial charge < -0.3 is 19.8 Å². The molecular weight excluding hydrogens is 490 g/mol. The van der Waals surface area contributed by atoms with Crippen LogP contribution in [0, 0.1) is 6.92 Å². The number of aryl methyl sites for hydroxylation is 2. The van der Waals surface area contributed by atoms with Crippen molar-refractivity contribution in [3.63, 3.8) is 0 Å². The molecule has 0 spiro atoms. The Labute approximate surface area is 220 Å². The molecule has 2 N–H and O–H groups in total. The van der Waals surface area contributed by atoms with E-state index in [0.29, 0.717) is 54.6 Å². The van der Waals surface area contributed by atoms with Gasteiger partial charge in [-0.2, -0.15) is 5.10 Å². The molecular formula is C26H35N7O5. The van der Waals surface area contributed by atoms with Crippen molar-refractivity contribution in [1.29, 1.82) is 0 Å².